The van der Waals surface area contributed by atoms with E-state index in [1.165, 1.54) is 76.8 Å². The van der Waals surface area contributed by atoms with Crippen LogP contribution < -0.4 is 4.90 Å². The van der Waals surface area contributed by atoms with E-state index in [1.807, 2.05) is 0 Å². The lowest BCUT2D eigenvalue weighted by atomic mass is 9.92. The number of fused-ring (bicyclic) bond motifs is 6. The second-order valence-corrected chi connectivity index (χ2v) is 14.1. The van der Waals surface area contributed by atoms with Crippen molar-refractivity contribution in [3.8, 4) is 44.5 Å². The Hall–Kier alpha value is -7.22. The van der Waals surface area contributed by atoms with Crippen LogP contribution in [0.25, 0.3) is 76.8 Å². The van der Waals surface area contributed by atoms with Gasteiger partial charge in [0.2, 0.25) is 0 Å². The Morgan fingerprint density at radius 3 is 1.02 bits per heavy atom. The SMILES string of the molecule is c1ccc(-c2ccc(N(c3ccc(-c4ccc(-c5ccc6c7ccccc7c7ccccc7c6c5)cc4)cc3)c3cccc(-c4ccccc4)c3)cc2)cc1. The molecule has 0 radical (unpaired) electrons. The summed E-state index contributed by atoms with van der Waals surface area (Å²) >= 11 is 0. The van der Waals surface area contributed by atoms with E-state index in [0.717, 1.165) is 17.1 Å². The fourth-order valence-corrected chi connectivity index (χ4v) is 8.08. The van der Waals surface area contributed by atoms with Crippen molar-refractivity contribution >= 4 is 49.4 Å². The van der Waals surface area contributed by atoms with Crippen LogP contribution in [0.1, 0.15) is 0 Å². The molecule has 0 aromatic heterocycles. The Bertz CT molecular complexity index is 2890. The largest absolute Gasteiger partial charge is 0.310 e. The fraction of sp³-hybridized carbons (Fsp3) is 0. The van der Waals surface area contributed by atoms with Crippen molar-refractivity contribution in [3.05, 3.63) is 224 Å². The summed E-state index contributed by atoms with van der Waals surface area (Å²) < 4.78 is 0. The molecule has 10 aromatic carbocycles. The molecule has 0 saturated carbocycles. The summed E-state index contributed by atoms with van der Waals surface area (Å²) in [5.74, 6) is 0. The minimum Gasteiger partial charge on any atom is -0.310 e. The Labute approximate surface area is 322 Å². The maximum Gasteiger partial charge on any atom is 0.0467 e. The lowest BCUT2D eigenvalue weighted by Crippen LogP contribution is -2.10. The molecule has 0 amide bonds. The summed E-state index contributed by atoms with van der Waals surface area (Å²) in [6.07, 6.45) is 0. The van der Waals surface area contributed by atoms with Crippen LogP contribution in [-0.4, -0.2) is 0 Å². The van der Waals surface area contributed by atoms with Crippen LogP contribution in [0.2, 0.25) is 0 Å². The number of nitrogens with zero attached hydrogens (tertiary/aromatic N) is 1. The third-order valence-electron chi connectivity index (χ3n) is 10.9. The molecule has 1 nitrogen and oxygen atoms in total. The van der Waals surface area contributed by atoms with Gasteiger partial charge in [0.1, 0.15) is 0 Å². The van der Waals surface area contributed by atoms with Gasteiger partial charge in [0.15, 0.2) is 0 Å². The molecule has 0 aliphatic rings. The van der Waals surface area contributed by atoms with Gasteiger partial charge >= 0.3 is 0 Å². The summed E-state index contributed by atoms with van der Waals surface area (Å²) in [6, 6.07) is 81.3. The Morgan fingerprint density at radius 1 is 0.182 bits per heavy atom. The number of benzene rings is 10. The molecule has 0 aliphatic heterocycles. The van der Waals surface area contributed by atoms with Crippen LogP contribution in [0.3, 0.4) is 0 Å². The smallest absolute Gasteiger partial charge is 0.0467 e. The highest BCUT2D eigenvalue weighted by Crippen LogP contribution is 2.40. The summed E-state index contributed by atoms with van der Waals surface area (Å²) in [5, 5.41) is 7.78. The number of anilines is 3. The van der Waals surface area contributed by atoms with Gasteiger partial charge in [-0.25, -0.2) is 0 Å². The first-order valence-electron chi connectivity index (χ1n) is 18.9. The van der Waals surface area contributed by atoms with Gasteiger partial charge in [-0.3, -0.25) is 0 Å². The molecule has 55 heavy (non-hydrogen) atoms. The van der Waals surface area contributed by atoms with Gasteiger partial charge in [-0.05, 0) is 119 Å². The molecule has 0 N–H and O–H groups in total. The molecule has 0 bridgehead atoms. The molecule has 0 heterocycles. The van der Waals surface area contributed by atoms with Gasteiger partial charge in [0.05, 0.1) is 0 Å². The molecule has 0 atom stereocenters. The van der Waals surface area contributed by atoms with E-state index in [0.29, 0.717) is 0 Å². The van der Waals surface area contributed by atoms with Gasteiger partial charge in [0, 0.05) is 17.1 Å². The van der Waals surface area contributed by atoms with Crippen molar-refractivity contribution in [1.29, 1.82) is 0 Å². The van der Waals surface area contributed by atoms with Crippen LogP contribution in [-0.2, 0) is 0 Å². The first-order chi connectivity index (χ1) is 27.3. The topological polar surface area (TPSA) is 3.24 Å². The highest BCUT2D eigenvalue weighted by Gasteiger charge is 2.15. The highest BCUT2D eigenvalue weighted by molar-refractivity contribution is 6.25. The zero-order chi connectivity index (χ0) is 36.6. The Kier molecular flexibility index (Phi) is 8.24. The van der Waals surface area contributed by atoms with Crippen LogP contribution >= 0.6 is 0 Å². The predicted octanol–water partition coefficient (Wildman–Crippen LogP) is 15.3. The predicted molar refractivity (Wildman–Crippen MR) is 235 cm³/mol. The first-order valence-corrected chi connectivity index (χ1v) is 18.9. The van der Waals surface area contributed by atoms with Crippen LogP contribution in [0.15, 0.2) is 224 Å². The first kappa shape index (κ1) is 32.4. The van der Waals surface area contributed by atoms with Crippen molar-refractivity contribution < 1.29 is 0 Å². The Balaban J connectivity index is 0.985. The van der Waals surface area contributed by atoms with E-state index in [9.17, 15) is 0 Å². The van der Waals surface area contributed by atoms with Crippen molar-refractivity contribution in [2.75, 3.05) is 4.90 Å². The van der Waals surface area contributed by atoms with Crippen LogP contribution in [0.4, 0.5) is 17.1 Å². The molecular formula is C54H37N. The number of rotatable bonds is 7. The minimum absolute atomic E-state index is 1.11. The van der Waals surface area contributed by atoms with E-state index < -0.39 is 0 Å². The van der Waals surface area contributed by atoms with E-state index in [2.05, 4.69) is 229 Å². The van der Waals surface area contributed by atoms with Crippen molar-refractivity contribution in [2.24, 2.45) is 0 Å². The fourth-order valence-electron chi connectivity index (χ4n) is 8.08. The molecule has 1 heteroatoms. The van der Waals surface area contributed by atoms with E-state index in [-0.39, 0.29) is 0 Å². The van der Waals surface area contributed by atoms with Crippen molar-refractivity contribution in [3.63, 3.8) is 0 Å². The normalized spacial score (nSPS) is 11.3. The zero-order valence-electron chi connectivity index (χ0n) is 30.3. The average Bonchev–Trinajstić information content (AvgIpc) is 3.28. The maximum atomic E-state index is 2.36. The van der Waals surface area contributed by atoms with Gasteiger partial charge in [-0.2, -0.15) is 0 Å². The van der Waals surface area contributed by atoms with Crippen molar-refractivity contribution in [2.45, 2.75) is 0 Å². The quantitative estimate of drug-likeness (QED) is 0.150. The molecule has 0 spiro atoms. The lowest BCUT2D eigenvalue weighted by Gasteiger charge is -2.26. The summed E-state index contributed by atoms with van der Waals surface area (Å²) in [6.45, 7) is 0. The summed E-state index contributed by atoms with van der Waals surface area (Å²) in [7, 11) is 0. The lowest BCUT2D eigenvalue weighted by molar-refractivity contribution is 1.28. The zero-order valence-corrected chi connectivity index (χ0v) is 30.3. The van der Waals surface area contributed by atoms with E-state index in [1.54, 1.807) is 0 Å². The molecular weight excluding hydrogens is 663 g/mol. The van der Waals surface area contributed by atoms with Gasteiger partial charge in [0.25, 0.3) is 0 Å². The standard InChI is InChI=1S/C54H37N/c1-3-12-38(13-4-1)41-26-31-46(32-27-41)55(48-17-11-16-44(36-48)39-14-5-2-6-15-39)47-33-28-42(29-34-47)40-22-24-43(25-23-40)45-30-35-53-51-20-8-7-18-49(51)50-19-9-10-21-52(50)54(53)37-45/h1-37H. The van der Waals surface area contributed by atoms with Gasteiger partial charge < -0.3 is 4.90 Å². The third-order valence-corrected chi connectivity index (χ3v) is 10.9. The average molecular weight is 700 g/mol. The van der Waals surface area contributed by atoms with Gasteiger partial charge in [-0.15, -0.1) is 0 Å². The summed E-state index contributed by atoms with van der Waals surface area (Å²) in [5.41, 5.74) is 12.9. The minimum atomic E-state index is 1.11. The van der Waals surface area contributed by atoms with Crippen LogP contribution in [0.5, 0.6) is 0 Å². The molecule has 0 aliphatic carbocycles. The van der Waals surface area contributed by atoms with E-state index >= 15 is 0 Å². The second-order valence-electron chi connectivity index (χ2n) is 14.1. The van der Waals surface area contributed by atoms with Crippen LogP contribution in [0, 0.1) is 0 Å². The Morgan fingerprint density at radius 2 is 0.509 bits per heavy atom. The molecule has 0 fully saturated rings. The maximum absolute atomic E-state index is 2.36. The third kappa shape index (κ3) is 6.12. The van der Waals surface area contributed by atoms with Gasteiger partial charge in [-0.1, -0.05) is 182 Å². The number of hydrogen-bond donors (Lipinski definition) is 0. The second kappa shape index (κ2) is 14.0. The molecule has 10 rings (SSSR count). The summed E-state index contributed by atoms with van der Waals surface area (Å²) in [4.78, 5) is 2.35. The monoisotopic (exact) mass is 699 g/mol. The molecule has 0 saturated heterocycles. The molecule has 0 unspecified atom stereocenters. The number of hydrogen-bond acceptors (Lipinski definition) is 1. The molecule has 258 valence electrons. The van der Waals surface area contributed by atoms with Crippen molar-refractivity contribution in [1.82, 2.24) is 0 Å². The molecule has 10 aromatic rings. The highest BCUT2D eigenvalue weighted by atomic mass is 15.1. The van der Waals surface area contributed by atoms with E-state index in [4.69, 9.17) is 0 Å².